The number of nitrogens with one attached hydrogen (secondary N) is 2. The molecule has 2 N–H and O–H groups in total. The van der Waals surface area contributed by atoms with Gasteiger partial charge in [0.2, 0.25) is 11.8 Å². The fourth-order valence-electron chi connectivity index (χ4n) is 5.54. The van der Waals surface area contributed by atoms with Gasteiger partial charge in [-0.25, -0.2) is 12.8 Å². The van der Waals surface area contributed by atoms with Crippen molar-refractivity contribution < 1.29 is 27.1 Å². The molecule has 3 atom stereocenters. The summed E-state index contributed by atoms with van der Waals surface area (Å²) >= 11 is 12.6. The highest BCUT2D eigenvalue weighted by Gasteiger charge is 2.61. The fourth-order valence-corrected chi connectivity index (χ4v) is 6.23. The summed E-state index contributed by atoms with van der Waals surface area (Å²) in [5.74, 6) is -2.63. The Kier molecular flexibility index (Phi) is 6.65. The minimum absolute atomic E-state index is 0.143. The standard InChI is InChI=1S/C27H23Cl2FN2O5S/c1-14-3-6-17(30)11-18(14)25-27(20-7-4-16(29)10-22(20)31-26(27)34)21(12-24(33)32-25)19-9-15(28)5-8-23(19)37-13-38(2,35)36/h3-11,21,25H,12-13H2,1-2H3,(H,31,34)(H,32,33)/t21-,25+,27-/m1/s1. The second kappa shape index (κ2) is 9.55. The van der Waals surface area contributed by atoms with Crippen LogP contribution in [0.15, 0.2) is 54.6 Å². The molecule has 0 bridgehead atoms. The lowest BCUT2D eigenvalue weighted by Gasteiger charge is -2.47. The minimum Gasteiger partial charge on any atom is -0.477 e. The van der Waals surface area contributed by atoms with Crippen LogP contribution in [0.5, 0.6) is 5.75 Å². The lowest BCUT2D eigenvalue weighted by atomic mass is 9.59. The first kappa shape index (κ1) is 26.5. The quantitative estimate of drug-likeness (QED) is 0.442. The molecule has 1 spiro atoms. The predicted molar refractivity (Wildman–Crippen MR) is 143 cm³/mol. The average Bonchev–Trinajstić information content (AvgIpc) is 3.11. The van der Waals surface area contributed by atoms with Gasteiger partial charge in [-0.3, -0.25) is 9.59 Å². The molecule has 5 rings (SSSR count). The van der Waals surface area contributed by atoms with Gasteiger partial charge < -0.3 is 15.4 Å². The number of halogens is 3. The van der Waals surface area contributed by atoms with E-state index in [1.807, 2.05) is 0 Å². The van der Waals surface area contributed by atoms with Gasteiger partial charge >= 0.3 is 0 Å². The van der Waals surface area contributed by atoms with E-state index in [1.54, 1.807) is 37.3 Å². The smallest absolute Gasteiger partial charge is 0.238 e. The van der Waals surface area contributed by atoms with E-state index in [-0.39, 0.29) is 18.1 Å². The van der Waals surface area contributed by atoms with Crippen LogP contribution in [0.1, 0.15) is 40.6 Å². The van der Waals surface area contributed by atoms with Crippen molar-refractivity contribution in [3.05, 3.63) is 92.7 Å². The van der Waals surface area contributed by atoms with Gasteiger partial charge in [-0.15, -0.1) is 0 Å². The number of piperidine rings is 1. The highest BCUT2D eigenvalue weighted by Crippen LogP contribution is 2.59. The third-order valence-corrected chi connectivity index (χ3v) is 8.10. The van der Waals surface area contributed by atoms with Crippen molar-refractivity contribution in [2.45, 2.75) is 30.7 Å². The summed E-state index contributed by atoms with van der Waals surface area (Å²) in [5.41, 5.74) is 1.03. The second-order valence-electron chi connectivity index (χ2n) is 9.64. The van der Waals surface area contributed by atoms with Gasteiger partial charge in [-0.2, -0.15) is 0 Å². The van der Waals surface area contributed by atoms with Gasteiger partial charge in [-0.1, -0.05) is 35.3 Å². The molecular formula is C27H23Cl2FN2O5S. The molecule has 11 heteroatoms. The molecule has 38 heavy (non-hydrogen) atoms. The number of amides is 2. The van der Waals surface area contributed by atoms with Gasteiger partial charge in [-0.05, 0) is 66.1 Å². The first-order valence-corrected chi connectivity index (χ1v) is 14.5. The van der Waals surface area contributed by atoms with Crippen LogP contribution in [0.4, 0.5) is 10.1 Å². The number of benzene rings is 3. The first-order valence-electron chi connectivity index (χ1n) is 11.7. The van der Waals surface area contributed by atoms with Crippen molar-refractivity contribution in [2.75, 3.05) is 17.5 Å². The molecule has 198 valence electrons. The number of carbonyl (C=O) groups excluding carboxylic acids is 2. The monoisotopic (exact) mass is 576 g/mol. The van der Waals surface area contributed by atoms with E-state index in [0.717, 1.165) is 6.26 Å². The van der Waals surface area contributed by atoms with Crippen LogP contribution in [0.3, 0.4) is 0 Å². The van der Waals surface area contributed by atoms with E-state index in [4.69, 9.17) is 27.9 Å². The normalized spacial score (nSPS) is 22.7. The molecule has 0 saturated carbocycles. The summed E-state index contributed by atoms with van der Waals surface area (Å²) in [5, 5.41) is 6.55. The Bertz CT molecular complexity index is 1600. The van der Waals surface area contributed by atoms with Crippen molar-refractivity contribution in [1.82, 2.24) is 5.32 Å². The van der Waals surface area contributed by atoms with Gasteiger partial charge in [0, 0.05) is 39.9 Å². The summed E-state index contributed by atoms with van der Waals surface area (Å²) < 4.78 is 44.0. The second-order valence-corrected chi connectivity index (χ2v) is 12.6. The van der Waals surface area contributed by atoms with Gasteiger partial charge in [0.05, 0.1) is 6.04 Å². The fraction of sp³-hybridized carbons (Fsp3) is 0.259. The van der Waals surface area contributed by atoms with E-state index >= 15 is 0 Å². The number of ether oxygens (including phenoxy) is 1. The molecule has 3 aromatic rings. The molecule has 1 saturated heterocycles. The lowest BCUT2D eigenvalue weighted by Crippen LogP contribution is -2.57. The Morgan fingerprint density at radius 1 is 1.03 bits per heavy atom. The Morgan fingerprint density at radius 2 is 1.74 bits per heavy atom. The molecular weight excluding hydrogens is 554 g/mol. The molecule has 2 amide bonds. The van der Waals surface area contributed by atoms with Crippen molar-refractivity contribution >= 4 is 50.5 Å². The molecule has 2 aliphatic heterocycles. The zero-order valence-electron chi connectivity index (χ0n) is 20.3. The number of hydrogen-bond donors (Lipinski definition) is 2. The SMILES string of the molecule is Cc1ccc(F)cc1[C@@H]1NC(=O)C[C@H](c2cc(Cl)ccc2OCS(C)(=O)=O)[C@@]12C(=O)Nc1cc(Cl)ccc12. The van der Waals surface area contributed by atoms with Gasteiger partial charge in [0.1, 0.15) is 17.0 Å². The van der Waals surface area contributed by atoms with E-state index in [2.05, 4.69) is 10.6 Å². The van der Waals surface area contributed by atoms with Crippen LogP contribution >= 0.6 is 23.2 Å². The van der Waals surface area contributed by atoms with Crippen LogP contribution in [0, 0.1) is 12.7 Å². The number of fused-ring (bicyclic) bond motifs is 2. The van der Waals surface area contributed by atoms with Gasteiger partial charge in [0.15, 0.2) is 15.8 Å². The van der Waals surface area contributed by atoms with Crippen molar-refractivity contribution in [3.63, 3.8) is 0 Å². The summed E-state index contributed by atoms with van der Waals surface area (Å²) in [7, 11) is -3.52. The third kappa shape index (κ3) is 4.52. The Labute approximate surface area is 229 Å². The topological polar surface area (TPSA) is 102 Å². The number of rotatable bonds is 5. The summed E-state index contributed by atoms with van der Waals surface area (Å²) in [6.07, 6.45) is 0.890. The van der Waals surface area contributed by atoms with Crippen LogP contribution in [0.2, 0.25) is 10.0 Å². The highest BCUT2D eigenvalue weighted by molar-refractivity contribution is 7.90. The van der Waals surface area contributed by atoms with E-state index < -0.39 is 44.9 Å². The maximum atomic E-state index is 14.5. The third-order valence-electron chi connectivity index (χ3n) is 7.08. The Morgan fingerprint density at radius 3 is 2.47 bits per heavy atom. The number of aryl methyl sites for hydroxylation is 1. The van der Waals surface area contributed by atoms with E-state index in [1.165, 1.54) is 24.3 Å². The number of carbonyl (C=O) groups is 2. The predicted octanol–water partition coefficient (Wildman–Crippen LogP) is 5.06. The summed E-state index contributed by atoms with van der Waals surface area (Å²) in [4.78, 5) is 27.4. The maximum Gasteiger partial charge on any atom is 0.238 e. The lowest BCUT2D eigenvalue weighted by molar-refractivity contribution is -0.131. The van der Waals surface area contributed by atoms with Crippen LogP contribution in [-0.4, -0.2) is 32.4 Å². The maximum absolute atomic E-state index is 14.5. The largest absolute Gasteiger partial charge is 0.477 e. The molecule has 0 unspecified atom stereocenters. The number of anilines is 1. The highest BCUT2D eigenvalue weighted by atomic mass is 35.5. The number of sulfone groups is 1. The van der Waals surface area contributed by atoms with Crippen LogP contribution in [-0.2, 0) is 24.8 Å². The molecule has 1 fully saturated rings. The molecule has 0 aliphatic carbocycles. The van der Waals surface area contributed by atoms with Gasteiger partial charge in [0.25, 0.3) is 0 Å². The summed E-state index contributed by atoms with van der Waals surface area (Å²) in [6, 6.07) is 12.8. The molecule has 3 aromatic carbocycles. The number of hydrogen-bond acceptors (Lipinski definition) is 5. The molecule has 2 aliphatic rings. The molecule has 7 nitrogen and oxygen atoms in total. The van der Waals surface area contributed by atoms with Crippen molar-refractivity contribution in [2.24, 2.45) is 0 Å². The van der Waals surface area contributed by atoms with Crippen LogP contribution < -0.4 is 15.4 Å². The Hall–Kier alpha value is -3.14. The van der Waals surface area contributed by atoms with Crippen molar-refractivity contribution in [3.8, 4) is 5.75 Å². The molecule has 0 radical (unpaired) electrons. The zero-order valence-corrected chi connectivity index (χ0v) is 22.7. The van der Waals surface area contributed by atoms with Crippen LogP contribution in [0.25, 0.3) is 0 Å². The summed E-state index contributed by atoms with van der Waals surface area (Å²) in [6.45, 7) is 1.77. The molecule has 2 heterocycles. The van der Waals surface area contributed by atoms with Crippen molar-refractivity contribution in [1.29, 1.82) is 0 Å². The average molecular weight is 577 g/mol. The Balaban J connectivity index is 1.81. The minimum atomic E-state index is -3.52. The zero-order chi connectivity index (χ0) is 27.4. The molecule has 0 aromatic heterocycles. The van der Waals surface area contributed by atoms with E-state index in [0.29, 0.717) is 38.0 Å². The van der Waals surface area contributed by atoms with E-state index in [9.17, 15) is 22.4 Å². The first-order chi connectivity index (χ1) is 17.9.